The number of hydrogen-bond acceptors (Lipinski definition) is 1. The van der Waals surface area contributed by atoms with Gasteiger partial charge < -0.3 is 0 Å². The second-order valence-electron chi connectivity index (χ2n) is 3.29. The first kappa shape index (κ1) is 11.3. The quantitative estimate of drug-likeness (QED) is 0.789. The smallest absolute Gasteiger partial charge is 0.241 e. The third-order valence-corrected chi connectivity index (χ3v) is 3.09. The zero-order valence-electron chi connectivity index (χ0n) is 8.22. The molecule has 5 heteroatoms. The summed E-state index contributed by atoms with van der Waals surface area (Å²) in [4.78, 5) is -0.968. The predicted molar refractivity (Wildman–Crippen MR) is 61.2 cm³/mol. The van der Waals surface area contributed by atoms with E-state index < -0.39 is 11.3 Å². The summed E-state index contributed by atoms with van der Waals surface area (Å²) < 4.78 is 26.5. The molecule has 2 nitrogen and oxygen atoms in total. The fourth-order valence-electron chi connectivity index (χ4n) is 1.35. The molecule has 0 aliphatic carbocycles. The molecule has 0 saturated heterocycles. The maximum atomic E-state index is 12.4. The lowest BCUT2D eigenvalue weighted by molar-refractivity contribution is 0.147. The van der Waals surface area contributed by atoms with E-state index >= 15 is 0 Å². The molecule has 0 fully saturated rings. The molecule has 0 radical (unpaired) electrons. The molecule has 1 atom stereocenters. The van der Waals surface area contributed by atoms with E-state index in [-0.39, 0.29) is 0 Å². The van der Waals surface area contributed by atoms with Crippen molar-refractivity contribution >= 4 is 15.9 Å². The maximum absolute atomic E-state index is 12.4. The van der Waals surface area contributed by atoms with Crippen molar-refractivity contribution in [3.05, 3.63) is 48.3 Å². The second-order valence-corrected chi connectivity index (χ2v) is 4.28. The summed E-state index contributed by atoms with van der Waals surface area (Å²) >= 11 is 2.93. The highest BCUT2D eigenvalue weighted by Crippen LogP contribution is 2.29. The van der Waals surface area contributed by atoms with Crippen LogP contribution >= 0.6 is 15.9 Å². The van der Waals surface area contributed by atoms with Gasteiger partial charge in [0, 0.05) is 11.8 Å². The van der Waals surface area contributed by atoms with E-state index in [1.807, 2.05) is 30.3 Å². The number of para-hydroxylation sites is 1. The highest BCUT2D eigenvalue weighted by molar-refractivity contribution is 9.09. The summed E-state index contributed by atoms with van der Waals surface area (Å²) in [5, 5.41) is 4.04. The van der Waals surface area contributed by atoms with Crippen molar-refractivity contribution in [3.8, 4) is 5.69 Å². The van der Waals surface area contributed by atoms with Crippen molar-refractivity contribution in [3.63, 3.8) is 0 Å². The second kappa shape index (κ2) is 4.74. The fraction of sp³-hybridized carbons (Fsp3) is 0.182. The van der Waals surface area contributed by atoms with Crippen LogP contribution < -0.4 is 0 Å². The molecule has 84 valence electrons. The van der Waals surface area contributed by atoms with Crippen LogP contribution in [0, 0.1) is 0 Å². The van der Waals surface area contributed by atoms with Gasteiger partial charge in [0.2, 0.25) is 0 Å². The summed E-state index contributed by atoms with van der Waals surface area (Å²) in [5.41, 5.74) is 1.32. The number of hydrogen-bond donors (Lipinski definition) is 0. The van der Waals surface area contributed by atoms with Crippen LogP contribution in [-0.2, 0) is 0 Å². The Morgan fingerprint density at radius 1 is 1.19 bits per heavy atom. The number of halogens is 3. The van der Waals surface area contributed by atoms with E-state index in [0.29, 0.717) is 5.56 Å². The average molecular weight is 287 g/mol. The van der Waals surface area contributed by atoms with Crippen LogP contribution in [0.2, 0.25) is 0 Å². The van der Waals surface area contributed by atoms with Gasteiger partial charge in [-0.25, -0.2) is 13.5 Å². The van der Waals surface area contributed by atoms with Crippen LogP contribution in [0.25, 0.3) is 5.69 Å². The maximum Gasteiger partial charge on any atom is 0.255 e. The van der Waals surface area contributed by atoms with Gasteiger partial charge in [-0.1, -0.05) is 34.1 Å². The van der Waals surface area contributed by atoms with E-state index in [4.69, 9.17) is 0 Å². The van der Waals surface area contributed by atoms with E-state index in [1.165, 1.54) is 6.20 Å². The SMILES string of the molecule is FC(F)C(Br)c1cnn(-c2ccccc2)c1. The van der Waals surface area contributed by atoms with Crippen molar-refractivity contribution in [2.24, 2.45) is 0 Å². The first-order valence-corrected chi connectivity index (χ1v) is 5.62. The minimum absolute atomic E-state index is 0.471. The van der Waals surface area contributed by atoms with Crippen LogP contribution in [0.3, 0.4) is 0 Å². The molecule has 1 aromatic heterocycles. The number of benzene rings is 1. The van der Waals surface area contributed by atoms with E-state index in [0.717, 1.165) is 5.69 Å². The van der Waals surface area contributed by atoms with Crippen LogP contribution in [0.4, 0.5) is 8.78 Å². The van der Waals surface area contributed by atoms with E-state index in [2.05, 4.69) is 21.0 Å². The molecule has 0 bridgehead atoms. The van der Waals surface area contributed by atoms with Gasteiger partial charge >= 0.3 is 0 Å². The molecular formula is C11H9BrF2N2. The predicted octanol–water partition coefficient (Wildman–Crippen LogP) is 3.57. The highest BCUT2D eigenvalue weighted by Gasteiger charge is 2.20. The summed E-state index contributed by atoms with van der Waals surface area (Å²) in [6.07, 6.45) is 0.605. The van der Waals surface area contributed by atoms with Crippen LogP contribution in [0.15, 0.2) is 42.7 Å². The Bertz CT molecular complexity index is 456. The summed E-state index contributed by atoms with van der Waals surface area (Å²) in [6.45, 7) is 0. The Labute approximate surface area is 100 Å². The minimum Gasteiger partial charge on any atom is -0.241 e. The lowest BCUT2D eigenvalue weighted by Gasteiger charge is -2.04. The Balaban J connectivity index is 2.27. The lowest BCUT2D eigenvalue weighted by Crippen LogP contribution is -2.00. The Hall–Kier alpha value is -1.23. The van der Waals surface area contributed by atoms with Gasteiger partial charge in [0.15, 0.2) is 0 Å². The lowest BCUT2D eigenvalue weighted by atomic mass is 10.2. The third kappa shape index (κ3) is 2.29. The molecule has 1 unspecified atom stereocenters. The van der Waals surface area contributed by atoms with Gasteiger partial charge in [0.1, 0.15) is 4.83 Å². The van der Waals surface area contributed by atoms with Crippen molar-refractivity contribution in [1.82, 2.24) is 9.78 Å². The van der Waals surface area contributed by atoms with Gasteiger partial charge in [-0.3, -0.25) is 0 Å². The zero-order chi connectivity index (χ0) is 11.5. The van der Waals surface area contributed by atoms with Gasteiger partial charge in [0.25, 0.3) is 6.43 Å². The molecule has 2 aromatic rings. The van der Waals surface area contributed by atoms with E-state index in [1.54, 1.807) is 10.9 Å². The van der Waals surface area contributed by atoms with Crippen LogP contribution in [-0.4, -0.2) is 16.2 Å². The Kier molecular flexibility index (Phi) is 3.33. The standard InChI is InChI=1S/C11H9BrF2N2/c12-10(11(13)14)8-6-15-16(7-8)9-4-2-1-3-5-9/h1-7,10-11H. The van der Waals surface area contributed by atoms with Gasteiger partial charge in [0.05, 0.1) is 11.9 Å². The molecule has 0 saturated carbocycles. The van der Waals surface area contributed by atoms with Gasteiger partial charge in [-0.2, -0.15) is 5.10 Å². The zero-order valence-corrected chi connectivity index (χ0v) is 9.81. The molecule has 1 aromatic carbocycles. The van der Waals surface area contributed by atoms with Gasteiger partial charge in [-0.05, 0) is 12.1 Å². The molecule has 16 heavy (non-hydrogen) atoms. The molecular weight excluding hydrogens is 278 g/mol. The number of rotatable bonds is 3. The van der Waals surface area contributed by atoms with Crippen LogP contribution in [0.5, 0.6) is 0 Å². The number of aromatic nitrogens is 2. The number of nitrogens with zero attached hydrogens (tertiary/aromatic N) is 2. The van der Waals surface area contributed by atoms with Crippen molar-refractivity contribution < 1.29 is 8.78 Å². The summed E-state index contributed by atoms with van der Waals surface area (Å²) in [6, 6.07) is 9.36. The summed E-state index contributed by atoms with van der Waals surface area (Å²) in [5.74, 6) is 0. The first-order valence-electron chi connectivity index (χ1n) is 4.70. The highest BCUT2D eigenvalue weighted by atomic mass is 79.9. The van der Waals surface area contributed by atoms with Gasteiger partial charge in [-0.15, -0.1) is 0 Å². The molecule has 0 spiro atoms. The van der Waals surface area contributed by atoms with Crippen molar-refractivity contribution in [2.75, 3.05) is 0 Å². The fourth-order valence-corrected chi connectivity index (χ4v) is 1.58. The normalized spacial score (nSPS) is 13.0. The van der Waals surface area contributed by atoms with E-state index in [9.17, 15) is 8.78 Å². The minimum atomic E-state index is -2.44. The van der Waals surface area contributed by atoms with Crippen molar-refractivity contribution in [2.45, 2.75) is 11.3 Å². The molecule has 0 aliphatic heterocycles. The largest absolute Gasteiger partial charge is 0.255 e. The topological polar surface area (TPSA) is 17.8 Å². The number of alkyl halides is 3. The average Bonchev–Trinajstić information content (AvgIpc) is 2.78. The summed E-state index contributed by atoms with van der Waals surface area (Å²) in [7, 11) is 0. The van der Waals surface area contributed by atoms with Crippen LogP contribution in [0.1, 0.15) is 10.4 Å². The molecule has 0 aliphatic rings. The molecule has 1 heterocycles. The Morgan fingerprint density at radius 2 is 1.88 bits per heavy atom. The van der Waals surface area contributed by atoms with Crippen molar-refractivity contribution in [1.29, 1.82) is 0 Å². The molecule has 0 amide bonds. The molecule has 0 N–H and O–H groups in total. The third-order valence-electron chi connectivity index (χ3n) is 2.16. The Morgan fingerprint density at radius 3 is 2.50 bits per heavy atom. The monoisotopic (exact) mass is 286 g/mol. The molecule has 2 rings (SSSR count). The first-order chi connectivity index (χ1) is 7.68.